The first-order chi connectivity index (χ1) is 7.93. The standard InChI is InChI=1S/C13H24N2S2/c1-6-16-8-10(2)14-7-12-15-11(9-17-12)13(3,4)5/h9-10,14H,6-8H2,1-5H3. The van der Waals surface area contributed by atoms with E-state index in [1.165, 1.54) is 22.2 Å². The van der Waals surface area contributed by atoms with Gasteiger partial charge in [0.15, 0.2) is 0 Å². The summed E-state index contributed by atoms with van der Waals surface area (Å²) in [5, 5.41) is 6.91. The molecule has 0 bridgehead atoms. The van der Waals surface area contributed by atoms with Crippen LogP contribution in [0, 0.1) is 0 Å². The summed E-state index contributed by atoms with van der Waals surface area (Å²) >= 11 is 3.74. The quantitative estimate of drug-likeness (QED) is 0.855. The lowest BCUT2D eigenvalue weighted by molar-refractivity contribution is 0.561. The van der Waals surface area contributed by atoms with Crippen molar-refractivity contribution in [3.8, 4) is 0 Å². The van der Waals surface area contributed by atoms with Gasteiger partial charge in [-0.25, -0.2) is 4.98 Å². The number of aromatic nitrogens is 1. The molecule has 0 fully saturated rings. The van der Waals surface area contributed by atoms with E-state index in [1.807, 2.05) is 11.8 Å². The molecule has 2 nitrogen and oxygen atoms in total. The van der Waals surface area contributed by atoms with Crippen LogP contribution < -0.4 is 5.32 Å². The zero-order chi connectivity index (χ0) is 12.9. The minimum absolute atomic E-state index is 0.165. The highest BCUT2D eigenvalue weighted by Gasteiger charge is 2.17. The van der Waals surface area contributed by atoms with Crippen molar-refractivity contribution in [1.29, 1.82) is 0 Å². The number of nitrogens with zero attached hydrogens (tertiary/aromatic N) is 1. The van der Waals surface area contributed by atoms with Crippen LogP contribution in [0.4, 0.5) is 0 Å². The molecule has 98 valence electrons. The van der Waals surface area contributed by atoms with Crippen molar-refractivity contribution in [2.75, 3.05) is 11.5 Å². The zero-order valence-corrected chi connectivity index (χ0v) is 13.2. The van der Waals surface area contributed by atoms with Crippen molar-refractivity contribution in [3.05, 3.63) is 16.1 Å². The second kappa shape index (κ2) is 6.76. The van der Waals surface area contributed by atoms with Crippen LogP contribution in [0.3, 0.4) is 0 Å². The van der Waals surface area contributed by atoms with Gasteiger partial charge in [-0.1, -0.05) is 27.7 Å². The van der Waals surface area contributed by atoms with Gasteiger partial charge in [0.25, 0.3) is 0 Å². The smallest absolute Gasteiger partial charge is 0.107 e. The largest absolute Gasteiger partial charge is 0.307 e. The van der Waals surface area contributed by atoms with Crippen LogP contribution in [0.1, 0.15) is 45.3 Å². The Labute approximate surface area is 114 Å². The molecule has 1 N–H and O–H groups in total. The summed E-state index contributed by atoms with van der Waals surface area (Å²) in [6.07, 6.45) is 0. The van der Waals surface area contributed by atoms with Gasteiger partial charge in [0, 0.05) is 29.1 Å². The number of thiazole rings is 1. The van der Waals surface area contributed by atoms with E-state index in [4.69, 9.17) is 0 Å². The van der Waals surface area contributed by atoms with E-state index in [0.717, 1.165) is 6.54 Å². The van der Waals surface area contributed by atoms with Crippen LogP contribution in [0.15, 0.2) is 5.38 Å². The van der Waals surface area contributed by atoms with Gasteiger partial charge < -0.3 is 5.32 Å². The number of rotatable bonds is 6. The Bertz CT molecular complexity index is 328. The molecular weight excluding hydrogens is 248 g/mol. The average molecular weight is 272 g/mol. The molecule has 1 aromatic rings. The lowest BCUT2D eigenvalue weighted by atomic mass is 9.93. The molecule has 0 radical (unpaired) electrons. The number of nitrogens with one attached hydrogen (secondary N) is 1. The van der Waals surface area contributed by atoms with E-state index < -0.39 is 0 Å². The van der Waals surface area contributed by atoms with Gasteiger partial charge in [-0.05, 0) is 12.7 Å². The fourth-order valence-electron chi connectivity index (χ4n) is 1.35. The Morgan fingerprint density at radius 3 is 2.71 bits per heavy atom. The summed E-state index contributed by atoms with van der Waals surface area (Å²) in [6, 6.07) is 0.557. The van der Waals surface area contributed by atoms with Crippen LogP contribution >= 0.6 is 23.1 Å². The van der Waals surface area contributed by atoms with Crippen molar-refractivity contribution in [1.82, 2.24) is 10.3 Å². The topological polar surface area (TPSA) is 24.9 Å². The van der Waals surface area contributed by atoms with Gasteiger partial charge in [-0.15, -0.1) is 11.3 Å². The molecular formula is C13H24N2S2. The van der Waals surface area contributed by atoms with E-state index in [1.54, 1.807) is 11.3 Å². The van der Waals surface area contributed by atoms with Gasteiger partial charge in [0.1, 0.15) is 5.01 Å². The molecule has 0 amide bonds. The van der Waals surface area contributed by atoms with Crippen molar-refractivity contribution >= 4 is 23.1 Å². The van der Waals surface area contributed by atoms with Gasteiger partial charge in [-0.2, -0.15) is 11.8 Å². The van der Waals surface area contributed by atoms with E-state index >= 15 is 0 Å². The second-order valence-corrected chi connectivity index (χ2v) is 7.58. The van der Waals surface area contributed by atoms with Crippen LogP contribution in [0.5, 0.6) is 0 Å². The molecule has 0 spiro atoms. The van der Waals surface area contributed by atoms with E-state index in [-0.39, 0.29) is 5.41 Å². The van der Waals surface area contributed by atoms with E-state index in [9.17, 15) is 0 Å². The molecule has 1 aromatic heterocycles. The van der Waals surface area contributed by atoms with Crippen LogP contribution in [0.2, 0.25) is 0 Å². The summed E-state index contributed by atoms with van der Waals surface area (Å²) in [5.74, 6) is 2.37. The maximum atomic E-state index is 4.68. The van der Waals surface area contributed by atoms with Crippen molar-refractivity contribution in [2.45, 2.75) is 52.6 Å². The molecule has 0 aromatic carbocycles. The predicted octanol–water partition coefficient (Wildman–Crippen LogP) is 3.67. The van der Waals surface area contributed by atoms with E-state index in [0.29, 0.717) is 6.04 Å². The fourth-order valence-corrected chi connectivity index (χ4v) is 3.03. The highest BCUT2D eigenvalue weighted by atomic mass is 32.2. The third kappa shape index (κ3) is 5.40. The average Bonchev–Trinajstić information content (AvgIpc) is 2.71. The van der Waals surface area contributed by atoms with Crippen LogP contribution in [-0.2, 0) is 12.0 Å². The van der Waals surface area contributed by atoms with Crippen molar-refractivity contribution in [3.63, 3.8) is 0 Å². The minimum atomic E-state index is 0.165. The number of hydrogen-bond acceptors (Lipinski definition) is 4. The zero-order valence-electron chi connectivity index (χ0n) is 11.5. The molecule has 0 aliphatic heterocycles. The number of hydrogen-bond donors (Lipinski definition) is 1. The molecule has 1 heterocycles. The summed E-state index contributed by atoms with van der Waals surface area (Å²) in [5.41, 5.74) is 1.37. The van der Waals surface area contributed by atoms with Crippen molar-refractivity contribution in [2.24, 2.45) is 0 Å². The summed E-state index contributed by atoms with van der Waals surface area (Å²) in [6.45, 7) is 12.0. The van der Waals surface area contributed by atoms with Crippen LogP contribution in [-0.4, -0.2) is 22.5 Å². The molecule has 4 heteroatoms. The molecule has 0 saturated heterocycles. The van der Waals surface area contributed by atoms with Gasteiger partial charge >= 0.3 is 0 Å². The molecule has 1 atom stereocenters. The van der Waals surface area contributed by atoms with Gasteiger partial charge in [0.05, 0.1) is 5.69 Å². The van der Waals surface area contributed by atoms with Crippen molar-refractivity contribution < 1.29 is 0 Å². The lowest BCUT2D eigenvalue weighted by Gasteiger charge is -2.14. The maximum Gasteiger partial charge on any atom is 0.107 e. The van der Waals surface area contributed by atoms with Gasteiger partial charge in [-0.3, -0.25) is 0 Å². The summed E-state index contributed by atoms with van der Waals surface area (Å²) in [4.78, 5) is 4.68. The van der Waals surface area contributed by atoms with E-state index in [2.05, 4.69) is 50.3 Å². The lowest BCUT2D eigenvalue weighted by Crippen LogP contribution is -2.27. The number of thioether (sulfide) groups is 1. The first-order valence-corrected chi connectivity index (χ1v) is 8.23. The SMILES string of the molecule is CCSCC(C)NCc1nc(C(C)(C)C)cs1. The maximum absolute atomic E-state index is 4.68. The van der Waals surface area contributed by atoms with Gasteiger partial charge in [0.2, 0.25) is 0 Å². The Hall–Kier alpha value is -0.0600. The molecule has 0 aliphatic rings. The monoisotopic (exact) mass is 272 g/mol. The highest BCUT2D eigenvalue weighted by Crippen LogP contribution is 2.23. The fraction of sp³-hybridized carbons (Fsp3) is 0.769. The first kappa shape index (κ1) is 15.0. The molecule has 0 aliphatic carbocycles. The summed E-state index contributed by atoms with van der Waals surface area (Å²) < 4.78 is 0. The molecule has 17 heavy (non-hydrogen) atoms. The molecule has 1 rings (SSSR count). The highest BCUT2D eigenvalue weighted by molar-refractivity contribution is 7.99. The molecule has 0 saturated carbocycles. The third-order valence-corrected chi connectivity index (χ3v) is 4.49. The Kier molecular flexibility index (Phi) is 5.97. The Morgan fingerprint density at radius 2 is 2.18 bits per heavy atom. The first-order valence-electron chi connectivity index (χ1n) is 6.19. The minimum Gasteiger partial charge on any atom is -0.307 e. The summed E-state index contributed by atoms with van der Waals surface area (Å²) in [7, 11) is 0. The molecule has 1 unspecified atom stereocenters. The van der Waals surface area contributed by atoms with Crippen LogP contribution in [0.25, 0.3) is 0 Å². The predicted molar refractivity (Wildman–Crippen MR) is 80.1 cm³/mol. The second-order valence-electron chi connectivity index (χ2n) is 5.32. The third-order valence-electron chi connectivity index (χ3n) is 2.49. The normalized spacial score (nSPS) is 13.9. The Morgan fingerprint density at radius 1 is 1.47 bits per heavy atom. The Balaban J connectivity index is 2.40.